The molecule has 1 N–H and O–H groups in total. The minimum Gasteiger partial charge on any atom is -0.378 e. The number of aryl methyl sites for hydroxylation is 1. The first kappa shape index (κ1) is 15.9. The van der Waals surface area contributed by atoms with Gasteiger partial charge in [0.05, 0.1) is 6.10 Å². The van der Waals surface area contributed by atoms with Crippen molar-refractivity contribution in [3.63, 3.8) is 0 Å². The van der Waals surface area contributed by atoms with Crippen molar-refractivity contribution in [2.24, 2.45) is 0 Å². The molecule has 8 heteroatoms. The molecule has 1 aliphatic rings. The van der Waals surface area contributed by atoms with Gasteiger partial charge in [-0.05, 0) is 13.0 Å². The molecule has 1 atom stereocenters. The van der Waals surface area contributed by atoms with E-state index in [-0.39, 0.29) is 18.6 Å². The second-order valence-electron chi connectivity index (χ2n) is 5.34. The topological polar surface area (TPSA) is 88.7 Å². The second-order valence-corrected chi connectivity index (χ2v) is 5.74. The molecule has 122 valence electrons. The first-order valence-corrected chi connectivity index (χ1v) is 7.54. The number of rotatable bonds is 5. The summed E-state index contributed by atoms with van der Waals surface area (Å²) in [5.41, 5.74) is 0.407. The molecule has 7 nitrogen and oxygen atoms in total. The number of hydrogen-bond acceptors (Lipinski definition) is 6. The van der Waals surface area contributed by atoms with Crippen molar-refractivity contribution in [1.29, 1.82) is 0 Å². The molecule has 2 heterocycles. The highest BCUT2D eigenvalue weighted by Gasteiger charge is 2.35. The van der Waals surface area contributed by atoms with Crippen molar-refractivity contribution in [1.82, 2.24) is 15.0 Å². The first-order valence-electron chi connectivity index (χ1n) is 7.16. The Morgan fingerprint density at radius 3 is 2.91 bits per heavy atom. The van der Waals surface area contributed by atoms with Crippen LogP contribution in [-0.4, -0.2) is 45.2 Å². The van der Waals surface area contributed by atoms with Gasteiger partial charge in [0.25, 0.3) is 11.8 Å². The number of amides is 1. The maximum atomic E-state index is 12.2. The highest BCUT2D eigenvalue weighted by atomic mass is 35.5. The molecule has 0 radical (unpaired) electrons. The predicted molar refractivity (Wildman–Crippen MR) is 80.6 cm³/mol. The molecule has 0 aliphatic carbocycles. The average molecular weight is 338 g/mol. The zero-order valence-corrected chi connectivity index (χ0v) is 13.2. The molecule has 1 saturated heterocycles. The molecule has 0 unspecified atom stereocenters. The third kappa shape index (κ3) is 3.52. The predicted octanol–water partition coefficient (Wildman–Crippen LogP) is 1.49. The van der Waals surface area contributed by atoms with Crippen LogP contribution in [0.4, 0.5) is 0 Å². The SMILES string of the molecule is Cc1noc(COC2CN(C(=O)[C@H](O)c3ccccc3Cl)C2)n1. The smallest absolute Gasteiger partial charge is 0.256 e. The van der Waals surface area contributed by atoms with Gasteiger partial charge in [-0.25, -0.2) is 0 Å². The molecule has 3 rings (SSSR count). The lowest BCUT2D eigenvalue weighted by molar-refractivity contribution is -0.155. The summed E-state index contributed by atoms with van der Waals surface area (Å²) in [6.07, 6.45) is -1.37. The lowest BCUT2D eigenvalue weighted by atomic mass is 10.1. The van der Waals surface area contributed by atoms with Gasteiger partial charge in [-0.3, -0.25) is 4.79 Å². The number of halogens is 1. The quantitative estimate of drug-likeness (QED) is 0.889. The fraction of sp³-hybridized carbons (Fsp3) is 0.400. The van der Waals surface area contributed by atoms with Crippen molar-refractivity contribution in [2.75, 3.05) is 13.1 Å². The van der Waals surface area contributed by atoms with Gasteiger partial charge in [0, 0.05) is 23.7 Å². The van der Waals surface area contributed by atoms with Crippen LogP contribution in [-0.2, 0) is 16.1 Å². The van der Waals surface area contributed by atoms with Gasteiger partial charge in [0.2, 0.25) is 0 Å². The van der Waals surface area contributed by atoms with Crippen molar-refractivity contribution in [3.05, 3.63) is 46.6 Å². The number of hydrogen-bond donors (Lipinski definition) is 1. The summed E-state index contributed by atoms with van der Waals surface area (Å²) >= 11 is 6.00. The highest BCUT2D eigenvalue weighted by Crippen LogP contribution is 2.26. The van der Waals surface area contributed by atoms with Crippen LogP contribution >= 0.6 is 11.6 Å². The molecule has 1 aliphatic heterocycles. The molecule has 0 spiro atoms. The van der Waals surface area contributed by atoms with E-state index in [1.54, 1.807) is 31.2 Å². The Morgan fingerprint density at radius 1 is 1.52 bits per heavy atom. The average Bonchev–Trinajstić information content (AvgIpc) is 2.91. The van der Waals surface area contributed by atoms with Gasteiger partial charge in [0.1, 0.15) is 6.61 Å². The molecule has 1 aromatic carbocycles. The van der Waals surface area contributed by atoms with E-state index in [0.717, 1.165) is 0 Å². The summed E-state index contributed by atoms with van der Waals surface area (Å²) in [6.45, 7) is 2.76. The van der Waals surface area contributed by atoms with E-state index in [9.17, 15) is 9.90 Å². The number of nitrogens with zero attached hydrogens (tertiary/aromatic N) is 3. The molecule has 23 heavy (non-hydrogen) atoms. The van der Waals surface area contributed by atoms with E-state index in [0.29, 0.717) is 35.4 Å². The van der Waals surface area contributed by atoms with E-state index >= 15 is 0 Å². The maximum absolute atomic E-state index is 12.2. The second kappa shape index (κ2) is 6.66. The first-order chi connectivity index (χ1) is 11.0. The van der Waals surface area contributed by atoms with Gasteiger partial charge in [0.15, 0.2) is 11.9 Å². The van der Waals surface area contributed by atoms with E-state index in [4.69, 9.17) is 20.9 Å². The Balaban J connectivity index is 1.49. The van der Waals surface area contributed by atoms with Crippen LogP contribution in [0.3, 0.4) is 0 Å². The fourth-order valence-corrected chi connectivity index (χ4v) is 2.55. The van der Waals surface area contributed by atoms with Gasteiger partial charge >= 0.3 is 0 Å². The normalized spacial score (nSPS) is 16.2. The molecule has 0 saturated carbocycles. The number of aliphatic hydroxyl groups is 1. The number of aliphatic hydroxyl groups excluding tert-OH is 1. The van der Waals surface area contributed by atoms with Gasteiger partial charge < -0.3 is 19.3 Å². The number of benzene rings is 1. The van der Waals surface area contributed by atoms with Crippen molar-refractivity contribution >= 4 is 17.5 Å². The summed E-state index contributed by atoms with van der Waals surface area (Å²) in [6, 6.07) is 6.75. The zero-order valence-electron chi connectivity index (χ0n) is 12.5. The van der Waals surface area contributed by atoms with Crippen LogP contribution in [0.25, 0.3) is 0 Å². The van der Waals surface area contributed by atoms with Crippen molar-refractivity contribution in [2.45, 2.75) is 25.7 Å². The number of carbonyl (C=O) groups excluding carboxylic acids is 1. The van der Waals surface area contributed by atoms with Gasteiger partial charge in [-0.2, -0.15) is 4.98 Å². The Bertz CT molecular complexity index is 700. The lowest BCUT2D eigenvalue weighted by Crippen LogP contribution is -2.56. The van der Waals surface area contributed by atoms with Crippen LogP contribution in [0.5, 0.6) is 0 Å². The molecule has 0 bridgehead atoms. The Hall–Kier alpha value is -1.96. The molecule has 1 aromatic heterocycles. The van der Waals surface area contributed by atoms with Crippen LogP contribution in [0.1, 0.15) is 23.4 Å². The third-order valence-corrected chi connectivity index (χ3v) is 3.95. The summed E-state index contributed by atoms with van der Waals surface area (Å²) < 4.78 is 10.5. The maximum Gasteiger partial charge on any atom is 0.256 e. The minimum absolute atomic E-state index is 0.107. The van der Waals surface area contributed by atoms with Gasteiger partial charge in [-0.15, -0.1) is 0 Å². The van der Waals surface area contributed by atoms with Crippen LogP contribution in [0.15, 0.2) is 28.8 Å². The Morgan fingerprint density at radius 2 is 2.26 bits per heavy atom. The summed E-state index contributed by atoms with van der Waals surface area (Å²) in [7, 11) is 0. The monoisotopic (exact) mass is 337 g/mol. The van der Waals surface area contributed by atoms with E-state index < -0.39 is 6.10 Å². The third-order valence-electron chi connectivity index (χ3n) is 3.61. The fourth-order valence-electron chi connectivity index (χ4n) is 2.31. The van der Waals surface area contributed by atoms with Crippen LogP contribution in [0.2, 0.25) is 5.02 Å². The van der Waals surface area contributed by atoms with Crippen LogP contribution < -0.4 is 0 Å². The van der Waals surface area contributed by atoms with Crippen molar-refractivity contribution < 1.29 is 19.2 Å². The van der Waals surface area contributed by atoms with Crippen LogP contribution in [0, 0.1) is 6.92 Å². The largest absolute Gasteiger partial charge is 0.378 e. The lowest BCUT2D eigenvalue weighted by Gasteiger charge is -2.39. The molecule has 1 amide bonds. The van der Waals surface area contributed by atoms with E-state index in [1.165, 1.54) is 4.90 Å². The summed E-state index contributed by atoms with van der Waals surface area (Å²) in [5, 5.41) is 14.2. The Labute approximate surface area is 137 Å². The Kier molecular flexibility index (Phi) is 4.61. The standard InChI is InChI=1S/C15H16ClN3O4/c1-9-17-13(23-18-9)8-22-10-6-19(7-10)15(21)14(20)11-4-2-3-5-12(11)16/h2-5,10,14,20H,6-8H2,1H3/t14-/m1/s1. The van der Waals surface area contributed by atoms with E-state index in [1.807, 2.05) is 0 Å². The molecule has 2 aromatic rings. The minimum atomic E-state index is -1.26. The van der Waals surface area contributed by atoms with E-state index in [2.05, 4.69) is 10.1 Å². The molecular formula is C15H16ClN3O4. The molecule has 1 fully saturated rings. The summed E-state index contributed by atoms with van der Waals surface area (Å²) in [4.78, 5) is 17.8. The van der Waals surface area contributed by atoms with Crippen molar-refractivity contribution in [3.8, 4) is 0 Å². The number of ether oxygens (including phenoxy) is 1. The van der Waals surface area contributed by atoms with Gasteiger partial charge in [-0.1, -0.05) is 35.0 Å². The summed E-state index contributed by atoms with van der Waals surface area (Å²) in [5.74, 6) is 0.576. The highest BCUT2D eigenvalue weighted by molar-refractivity contribution is 6.31. The number of carbonyl (C=O) groups is 1. The number of aromatic nitrogens is 2. The molecular weight excluding hydrogens is 322 g/mol. The zero-order chi connectivity index (χ0) is 16.4. The number of likely N-dealkylation sites (tertiary alicyclic amines) is 1.